The molecule has 9 nitrogen and oxygen atoms in total. The first-order valence-electron chi connectivity index (χ1n) is 6.62. The molecule has 1 rings (SSSR count). The van der Waals surface area contributed by atoms with Crippen LogP contribution in [-0.2, 0) is 4.74 Å². The molecular formula is C14H18O9. The Kier molecular flexibility index (Phi) is 7.07. The number of carbonyl (C=O) groups is 2. The summed E-state index contributed by atoms with van der Waals surface area (Å²) in [6.07, 6.45) is -7.14. The maximum atomic E-state index is 11.8. The Morgan fingerprint density at radius 1 is 0.957 bits per heavy atom. The summed E-state index contributed by atoms with van der Waals surface area (Å²) < 4.78 is 4.70. The highest BCUT2D eigenvalue weighted by Crippen LogP contribution is 2.12. The van der Waals surface area contributed by atoms with E-state index in [4.69, 9.17) is 20.1 Å². The number of ether oxygens (including phenoxy) is 1. The number of rotatable bonds is 8. The van der Waals surface area contributed by atoms with E-state index in [-0.39, 0.29) is 11.1 Å². The highest BCUT2D eigenvalue weighted by Gasteiger charge is 2.31. The monoisotopic (exact) mass is 330 g/mol. The number of carboxylic acids is 1. The molecule has 0 unspecified atom stereocenters. The van der Waals surface area contributed by atoms with Gasteiger partial charge in [-0.3, -0.25) is 0 Å². The molecular weight excluding hydrogens is 312 g/mol. The van der Waals surface area contributed by atoms with Crippen molar-refractivity contribution in [2.75, 3.05) is 13.2 Å². The molecule has 0 aliphatic carbocycles. The van der Waals surface area contributed by atoms with Crippen molar-refractivity contribution in [3.8, 4) is 0 Å². The summed E-state index contributed by atoms with van der Waals surface area (Å²) >= 11 is 0. The van der Waals surface area contributed by atoms with Crippen LogP contribution in [0.15, 0.2) is 24.3 Å². The number of hydrogen-bond donors (Lipinski definition) is 6. The highest BCUT2D eigenvalue weighted by molar-refractivity contribution is 6.02. The predicted octanol–water partition coefficient (Wildman–Crippen LogP) is -2.02. The van der Waals surface area contributed by atoms with Gasteiger partial charge in [-0.2, -0.15) is 0 Å². The van der Waals surface area contributed by atoms with Gasteiger partial charge in [-0.1, -0.05) is 12.1 Å². The number of aromatic carboxylic acids is 1. The number of carboxylic acid groups (broad SMARTS) is 1. The molecule has 0 bridgehead atoms. The van der Waals surface area contributed by atoms with Crippen LogP contribution in [0, 0.1) is 0 Å². The molecule has 0 spiro atoms. The van der Waals surface area contributed by atoms with Gasteiger partial charge in [-0.05, 0) is 12.1 Å². The average Bonchev–Trinajstić information content (AvgIpc) is 2.56. The van der Waals surface area contributed by atoms with E-state index in [2.05, 4.69) is 0 Å². The maximum Gasteiger partial charge on any atom is 0.339 e. The summed E-state index contributed by atoms with van der Waals surface area (Å²) in [5.41, 5.74) is -0.527. The van der Waals surface area contributed by atoms with Gasteiger partial charge in [0.15, 0.2) is 0 Å². The van der Waals surface area contributed by atoms with Crippen molar-refractivity contribution in [1.82, 2.24) is 0 Å². The van der Waals surface area contributed by atoms with Gasteiger partial charge in [-0.25, -0.2) is 9.59 Å². The largest absolute Gasteiger partial charge is 0.478 e. The van der Waals surface area contributed by atoms with E-state index < -0.39 is 49.6 Å². The molecule has 0 heterocycles. The van der Waals surface area contributed by atoms with Crippen molar-refractivity contribution >= 4 is 11.9 Å². The number of benzene rings is 1. The molecule has 0 fully saturated rings. The lowest BCUT2D eigenvalue weighted by molar-refractivity contribution is -0.124. The Labute approximate surface area is 131 Å². The molecule has 6 N–H and O–H groups in total. The summed E-state index contributed by atoms with van der Waals surface area (Å²) in [5, 5.41) is 55.3. The van der Waals surface area contributed by atoms with Crippen LogP contribution in [0.1, 0.15) is 20.7 Å². The van der Waals surface area contributed by atoms with E-state index in [1.54, 1.807) is 0 Å². The van der Waals surface area contributed by atoms with E-state index in [9.17, 15) is 24.9 Å². The first kappa shape index (κ1) is 19.0. The fraction of sp³-hybridized carbons (Fsp3) is 0.429. The Hall–Kier alpha value is -2.04. The van der Waals surface area contributed by atoms with Crippen molar-refractivity contribution in [2.45, 2.75) is 24.4 Å². The van der Waals surface area contributed by atoms with E-state index in [0.717, 1.165) is 0 Å². The molecule has 23 heavy (non-hydrogen) atoms. The smallest absolute Gasteiger partial charge is 0.339 e. The summed E-state index contributed by atoms with van der Waals surface area (Å²) in [7, 11) is 0. The Balaban J connectivity index is 2.68. The number of esters is 1. The minimum absolute atomic E-state index is 0.238. The SMILES string of the molecule is O=C(O)c1ccccc1C(=O)OC[C@@H](O)[C@@H](O)[C@H](O)[C@H](O)CO. The third-order valence-corrected chi connectivity index (χ3v) is 3.09. The summed E-state index contributed by atoms with van der Waals surface area (Å²) in [5.74, 6) is -2.37. The zero-order valence-corrected chi connectivity index (χ0v) is 11.9. The molecule has 1 aromatic rings. The van der Waals surface area contributed by atoms with E-state index in [1.807, 2.05) is 0 Å². The number of aliphatic hydroxyl groups excluding tert-OH is 5. The Bertz CT molecular complexity index is 545. The van der Waals surface area contributed by atoms with Crippen LogP contribution in [0.25, 0.3) is 0 Å². The molecule has 9 heteroatoms. The Morgan fingerprint density at radius 3 is 2.00 bits per heavy atom. The zero-order valence-electron chi connectivity index (χ0n) is 11.9. The second-order valence-corrected chi connectivity index (χ2v) is 4.75. The van der Waals surface area contributed by atoms with E-state index in [0.29, 0.717) is 0 Å². The predicted molar refractivity (Wildman–Crippen MR) is 74.8 cm³/mol. The minimum atomic E-state index is -1.88. The lowest BCUT2D eigenvalue weighted by Crippen LogP contribution is -2.47. The fourth-order valence-electron chi connectivity index (χ4n) is 1.75. The summed E-state index contributed by atoms with van der Waals surface area (Å²) in [6, 6.07) is 5.27. The molecule has 0 saturated heterocycles. The highest BCUT2D eigenvalue weighted by atomic mass is 16.5. The van der Waals surface area contributed by atoms with Gasteiger partial charge in [0.1, 0.15) is 31.0 Å². The van der Waals surface area contributed by atoms with Crippen LogP contribution in [0.2, 0.25) is 0 Å². The normalized spacial score (nSPS) is 16.2. The van der Waals surface area contributed by atoms with Gasteiger partial charge in [0, 0.05) is 0 Å². The first-order valence-corrected chi connectivity index (χ1v) is 6.62. The van der Waals surface area contributed by atoms with Crippen molar-refractivity contribution in [3.05, 3.63) is 35.4 Å². The quantitative estimate of drug-likeness (QED) is 0.295. The van der Waals surface area contributed by atoms with Gasteiger partial charge in [0.2, 0.25) is 0 Å². The van der Waals surface area contributed by atoms with E-state index >= 15 is 0 Å². The minimum Gasteiger partial charge on any atom is -0.478 e. The third-order valence-electron chi connectivity index (χ3n) is 3.09. The molecule has 0 saturated carbocycles. The standard InChI is InChI=1S/C14H18O9/c15-5-9(16)11(18)12(19)10(17)6-23-14(22)8-4-2-1-3-7(8)13(20)21/h1-4,9-12,15-19H,5-6H2,(H,20,21)/t9-,10-,11-,12-/m1/s1. The number of hydrogen-bond acceptors (Lipinski definition) is 8. The molecule has 0 aromatic heterocycles. The molecule has 0 aliphatic heterocycles. The Morgan fingerprint density at radius 2 is 1.48 bits per heavy atom. The maximum absolute atomic E-state index is 11.8. The van der Waals surface area contributed by atoms with Crippen LogP contribution < -0.4 is 0 Å². The van der Waals surface area contributed by atoms with Crippen LogP contribution >= 0.6 is 0 Å². The molecule has 0 aliphatic rings. The van der Waals surface area contributed by atoms with Gasteiger partial charge in [0.25, 0.3) is 0 Å². The third kappa shape index (κ3) is 4.98. The summed E-state index contributed by atoms with van der Waals surface area (Å²) in [6.45, 7) is -1.58. The molecule has 0 radical (unpaired) electrons. The lowest BCUT2D eigenvalue weighted by atomic mass is 10.0. The van der Waals surface area contributed by atoms with Crippen molar-refractivity contribution in [3.63, 3.8) is 0 Å². The first-order chi connectivity index (χ1) is 10.8. The second-order valence-electron chi connectivity index (χ2n) is 4.75. The lowest BCUT2D eigenvalue weighted by Gasteiger charge is -2.25. The zero-order chi connectivity index (χ0) is 17.6. The van der Waals surface area contributed by atoms with Crippen molar-refractivity contribution in [2.24, 2.45) is 0 Å². The number of aliphatic hydroxyl groups is 5. The van der Waals surface area contributed by atoms with Gasteiger partial charge >= 0.3 is 11.9 Å². The van der Waals surface area contributed by atoms with Crippen LogP contribution in [-0.4, -0.2) is 80.2 Å². The average molecular weight is 330 g/mol. The topological polar surface area (TPSA) is 165 Å². The molecule has 4 atom stereocenters. The second kappa shape index (κ2) is 8.56. The fourth-order valence-corrected chi connectivity index (χ4v) is 1.75. The molecule has 0 amide bonds. The van der Waals surface area contributed by atoms with E-state index in [1.165, 1.54) is 24.3 Å². The van der Waals surface area contributed by atoms with Crippen molar-refractivity contribution < 1.29 is 45.0 Å². The van der Waals surface area contributed by atoms with Gasteiger partial charge in [-0.15, -0.1) is 0 Å². The van der Waals surface area contributed by atoms with Crippen LogP contribution in [0.4, 0.5) is 0 Å². The van der Waals surface area contributed by atoms with Crippen LogP contribution in [0.5, 0.6) is 0 Å². The molecule has 1 aromatic carbocycles. The van der Waals surface area contributed by atoms with Crippen LogP contribution in [0.3, 0.4) is 0 Å². The number of carbonyl (C=O) groups excluding carboxylic acids is 1. The van der Waals surface area contributed by atoms with Gasteiger partial charge in [0.05, 0.1) is 17.7 Å². The van der Waals surface area contributed by atoms with Crippen molar-refractivity contribution in [1.29, 1.82) is 0 Å². The molecule has 128 valence electrons. The van der Waals surface area contributed by atoms with Gasteiger partial charge < -0.3 is 35.4 Å². The summed E-state index contributed by atoms with van der Waals surface area (Å²) in [4.78, 5) is 22.8.